The van der Waals surface area contributed by atoms with Crippen LogP contribution in [0.3, 0.4) is 0 Å². The number of carbonyl (C=O) groups is 1. The predicted molar refractivity (Wildman–Crippen MR) is 118 cm³/mol. The average molecular weight is 489 g/mol. The number of hydrogen-bond acceptors (Lipinski definition) is 4. The van der Waals surface area contributed by atoms with Crippen molar-refractivity contribution in [3.63, 3.8) is 0 Å². The van der Waals surface area contributed by atoms with Gasteiger partial charge < -0.3 is 9.47 Å². The normalized spacial score (nSPS) is 10.8. The van der Waals surface area contributed by atoms with E-state index in [0.717, 1.165) is 5.56 Å². The van der Waals surface area contributed by atoms with Gasteiger partial charge in [-0.1, -0.05) is 12.1 Å². The largest absolute Gasteiger partial charge is 0.490 e. The Labute approximate surface area is 186 Å². The molecule has 0 saturated heterocycles. The molecule has 3 aromatic rings. The van der Waals surface area contributed by atoms with E-state index >= 15 is 0 Å². The summed E-state index contributed by atoms with van der Waals surface area (Å²) < 4.78 is 38.2. The summed E-state index contributed by atoms with van der Waals surface area (Å²) in [7, 11) is 0. The molecule has 1 N–H and O–H groups in total. The van der Waals surface area contributed by atoms with Gasteiger partial charge in [0.2, 0.25) is 0 Å². The van der Waals surface area contributed by atoms with E-state index in [1.165, 1.54) is 42.6 Å². The summed E-state index contributed by atoms with van der Waals surface area (Å²) >= 11 is 3.47. The topological polar surface area (TPSA) is 59.9 Å². The standard InChI is InChI=1S/C23H19BrF2N2O3/c1-2-30-21-12-16(13-27-28-23(29)17-5-9-19(26)10-6-17)11-20(24)22(21)31-14-15-3-7-18(25)8-4-15/h3-13H,2,14H2,1H3,(H,28,29)/b27-13-. The van der Waals surface area contributed by atoms with Gasteiger partial charge in [-0.2, -0.15) is 5.10 Å². The maximum absolute atomic E-state index is 13.1. The highest BCUT2D eigenvalue weighted by atomic mass is 79.9. The Morgan fingerprint density at radius 1 is 1.03 bits per heavy atom. The number of rotatable bonds is 8. The van der Waals surface area contributed by atoms with Crippen LogP contribution in [0.1, 0.15) is 28.4 Å². The number of carbonyl (C=O) groups excluding carboxylic acids is 1. The quantitative estimate of drug-likeness (QED) is 0.337. The van der Waals surface area contributed by atoms with Gasteiger partial charge in [0.25, 0.3) is 5.91 Å². The highest BCUT2D eigenvalue weighted by Crippen LogP contribution is 2.37. The number of benzene rings is 3. The summed E-state index contributed by atoms with van der Waals surface area (Å²) in [6.07, 6.45) is 1.46. The van der Waals surface area contributed by atoms with Crippen molar-refractivity contribution in [1.29, 1.82) is 0 Å². The maximum atomic E-state index is 13.1. The maximum Gasteiger partial charge on any atom is 0.271 e. The van der Waals surface area contributed by atoms with Crippen molar-refractivity contribution in [2.24, 2.45) is 5.10 Å². The lowest BCUT2D eigenvalue weighted by Gasteiger charge is -2.14. The minimum absolute atomic E-state index is 0.236. The molecule has 0 saturated carbocycles. The van der Waals surface area contributed by atoms with Gasteiger partial charge in [-0.25, -0.2) is 14.2 Å². The van der Waals surface area contributed by atoms with Crippen molar-refractivity contribution in [2.45, 2.75) is 13.5 Å². The molecule has 0 spiro atoms. The molecule has 3 rings (SSSR count). The molecule has 31 heavy (non-hydrogen) atoms. The molecule has 0 bridgehead atoms. The Morgan fingerprint density at radius 3 is 2.32 bits per heavy atom. The van der Waals surface area contributed by atoms with Crippen molar-refractivity contribution in [3.05, 3.63) is 93.5 Å². The van der Waals surface area contributed by atoms with Gasteiger partial charge in [-0.3, -0.25) is 4.79 Å². The molecule has 8 heteroatoms. The van der Waals surface area contributed by atoms with E-state index in [1.54, 1.807) is 24.3 Å². The van der Waals surface area contributed by atoms with Crippen molar-refractivity contribution < 1.29 is 23.0 Å². The van der Waals surface area contributed by atoms with Crippen LogP contribution < -0.4 is 14.9 Å². The van der Waals surface area contributed by atoms with Crippen molar-refractivity contribution >= 4 is 28.1 Å². The van der Waals surface area contributed by atoms with Crippen LogP contribution in [0.25, 0.3) is 0 Å². The van der Waals surface area contributed by atoms with Gasteiger partial charge in [0.1, 0.15) is 18.2 Å². The molecule has 0 aliphatic heterocycles. The van der Waals surface area contributed by atoms with Crippen LogP contribution in [0, 0.1) is 11.6 Å². The number of nitrogens with zero attached hydrogens (tertiary/aromatic N) is 1. The molecule has 0 fully saturated rings. The second-order valence-corrected chi connectivity index (χ2v) is 7.24. The predicted octanol–water partition coefficient (Wildman–Crippen LogP) is 5.47. The van der Waals surface area contributed by atoms with E-state index in [2.05, 4.69) is 26.5 Å². The summed E-state index contributed by atoms with van der Waals surface area (Å²) in [4.78, 5) is 12.1. The first-order valence-electron chi connectivity index (χ1n) is 9.39. The minimum Gasteiger partial charge on any atom is -0.490 e. The zero-order valence-electron chi connectivity index (χ0n) is 16.6. The molecule has 0 aliphatic rings. The smallest absolute Gasteiger partial charge is 0.271 e. The van der Waals surface area contributed by atoms with E-state index < -0.39 is 11.7 Å². The first-order chi connectivity index (χ1) is 15.0. The number of amides is 1. The summed E-state index contributed by atoms with van der Waals surface area (Å²) in [5, 5.41) is 3.94. The molecule has 0 aliphatic carbocycles. The van der Waals surface area contributed by atoms with Gasteiger partial charge >= 0.3 is 0 Å². The number of nitrogens with one attached hydrogen (secondary N) is 1. The molecule has 1 amide bonds. The van der Waals surface area contributed by atoms with Crippen LogP contribution in [-0.4, -0.2) is 18.7 Å². The van der Waals surface area contributed by atoms with Gasteiger partial charge in [0.15, 0.2) is 11.5 Å². The lowest BCUT2D eigenvalue weighted by Crippen LogP contribution is -2.17. The van der Waals surface area contributed by atoms with E-state index in [-0.39, 0.29) is 12.4 Å². The Bertz CT molecular complexity index is 1070. The molecule has 0 unspecified atom stereocenters. The van der Waals surface area contributed by atoms with Crippen molar-refractivity contribution in [2.75, 3.05) is 6.61 Å². The Morgan fingerprint density at radius 2 is 1.68 bits per heavy atom. The Balaban J connectivity index is 1.71. The van der Waals surface area contributed by atoms with Gasteiger partial charge in [-0.05, 0) is 82.5 Å². The Hall–Kier alpha value is -3.26. The summed E-state index contributed by atoms with van der Waals surface area (Å²) in [5.41, 5.74) is 4.15. The second-order valence-electron chi connectivity index (χ2n) is 6.38. The highest BCUT2D eigenvalue weighted by Gasteiger charge is 2.12. The van der Waals surface area contributed by atoms with Gasteiger partial charge in [-0.15, -0.1) is 0 Å². The fraction of sp³-hybridized carbons (Fsp3) is 0.130. The Kier molecular flexibility index (Phi) is 7.72. The first-order valence-corrected chi connectivity index (χ1v) is 10.2. The molecule has 3 aromatic carbocycles. The SMILES string of the molecule is CCOc1cc(/C=N\NC(=O)c2ccc(F)cc2)cc(Br)c1OCc1ccc(F)cc1. The third kappa shape index (κ3) is 6.36. The fourth-order valence-corrected chi connectivity index (χ4v) is 3.21. The van der Waals surface area contributed by atoms with Crippen LogP contribution in [0.2, 0.25) is 0 Å². The summed E-state index contributed by atoms with van der Waals surface area (Å²) in [6, 6.07) is 14.7. The number of halogens is 3. The lowest BCUT2D eigenvalue weighted by molar-refractivity contribution is 0.0955. The number of ether oxygens (including phenoxy) is 2. The minimum atomic E-state index is -0.459. The van der Waals surface area contributed by atoms with Crippen molar-refractivity contribution in [3.8, 4) is 11.5 Å². The summed E-state index contributed by atoms with van der Waals surface area (Å²) in [6.45, 7) is 2.50. The average Bonchev–Trinajstić information content (AvgIpc) is 2.75. The number of hydrogen-bond donors (Lipinski definition) is 1. The van der Waals surface area contributed by atoms with E-state index in [9.17, 15) is 13.6 Å². The van der Waals surface area contributed by atoms with E-state index in [1.807, 2.05) is 6.92 Å². The van der Waals surface area contributed by atoms with Crippen LogP contribution in [-0.2, 0) is 6.61 Å². The highest BCUT2D eigenvalue weighted by molar-refractivity contribution is 9.10. The molecule has 160 valence electrons. The van der Waals surface area contributed by atoms with Gasteiger partial charge in [0, 0.05) is 5.56 Å². The monoisotopic (exact) mass is 488 g/mol. The zero-order chi connectivity index (χ0) is 22.2. The van der Waals surface area contributed by atoms with Crippen LogP contribution in [0.5, 0.6) is 11.5 Å². The van der Waals surface area contributed by atoms with Gasteiger partial charge in [0.05, 0.1) is 17.3 Å². The third-order valence-electron chi connectivity index (χ3n) is 4.11. The molecule has 0 aromatic heterocycles. The van der Waals surface area contributed by atoms with Crippen LogP contribution >= 0.6 is 15.9 Å². The second kappa shape index (κ2) is 10.7. The molecular weight excluding hydrogens is 470 g/mol. The lowest BCUT2D eigenvalue weighted by atomic mass is 10.2. The number of hydrazone groups is 1. The van der Waals surface area contributed by atoms with Crippen molar-refractivity contribution in [1.82, 2.24) is 5.43 Å². The molecule has 0 heterocycles. The first kappa shape index (κ1) is 22.4. The molecule has 0 atom stereocenters. The summed E-state index contributed by atoms with van der Waals surface area (Å²) in [5.74, 6) is -0.200. The van der Waals surface area contributed by atoms with E-state index in [4.69, 9.17) is 9.47 Å². The molecule has 0 radical (unpaired) electrons. The zero-order valence-corrected chi connectivity index (χ0v) is 18.2. The van der Waals surface area contributed by atoms with E-state index in [0.29, 0.717) is 33.7 Å². The molecule has 5 nitrogen and oxygen atoms in total. The van der Waals surface area contributed by atoms with Crippen LogP contribution in [0.4, 0.5) is 8.78 Å². The third-order valence-corrected chi connectivity index (χ3v) is 4.70. The molecular formula is C23H19BrF2N2O3. The fourth-order valence-electron chi connectivity index (χ4n) is 2.63. The van der Waals surface area contributed by atoms with Crippen LogP contribution in [0.15, 0.2) is 70.2 Å².